The summed E-state index contributed by atoms with van der Waals surface area (Å²) in [5.74, 6) is 1.06. The fourth-order valence-corrected chi connectivity index (χ4v) is 1.48. The minimum absolute atomic E-state index is 0. The van der Waals surface area contributed by atoms with Crippen molar-refractivity contribution in [3.63, 3.8) is 0 Å². The molecule has 4 heteroatoms. The lowest BCUT2D eigenvalue weighted by atomic mass is 10.2. The fraction of sp³-hybridized carbons (Fsp3) is 0.381. The fourth-order valence-electron chi connectivity index (χ4n) is 1.48. The monoisotopic (exact) mass is 350 g/mol. The second kappa shape index (κ2) is 19.6. The van der Waals surface area contributed by atoms with Crippen LogP contribution in [0.2, 0.25) is 0 Å². The molecule has 25 heavy (non-hydrogen) atoms. The van der Waals surface area contributed by atoms with Crippen LogP contribution in [0.3, 0.4) is 0 Å². The van der Waals surface area contributed by atoms with E-state index in [4.69, 9.17) is 9.47 Å². The van der Waals surface area contributed by atoms with Crippen LogP contribution in [0.15, 0.2) is 54.6 Å². The number of rotatable bonds is 3. The number of para-hydroxylation sites is 2. The summed E-state index contributed by atoms with van der Waals surface area (Å²) < 4.78 is 14.4. The van der Waals surface area contributed by atoms with Gasteiger partial charge in [-0.05, 0) is 24.3 Å². The van der Waals surface area contributed by atoms with Crippen molar-refractivity contribution >= 4 is 5.97 Å². The Bertz CT molecular complexity index is 524. The molecule has 0 atom stereocenters. The van der Waals surface area contributed by atoms with Gasteiger partial charge < -0.3 is 14.2 Å². The average molecular weight is 350 g/mol. The van der Waals surface area contributed by atoms with Crippen molar-refractivity contribution in [2.75, 3.05) is 21.3 Å². The number of carbonyl (C=O) groups excluding carboxylic acids is 1. The minimum Gasteiger partial charge on any atom is -0.497 e. The van der Waals surface area contributed by atoms with Crippen LogP contribution in [-0.2, 0) is 4.74 Å². The third kappa shape index (κ3) is 11.7. The molecule has 0 fully saturated rings. The van der Waals surface area contributed by atoms with Crippen molar-refractivity contribution in [2.45, 2.75) is 35.1 Å². The van der Waals surface area contributed by atoms with E-state index in [0.29, 0.717) is 11.3 Å². The minimum atomic E-state index is -0.382. The molecule has 0 radical (unpaired) electrons. The van der Waals surface area contributed by atoms with Crippen molar-refractivity contribution in [1.82, 2.24) is 0 Å². The first kappa shape index (κ1) is 27.4. The van der Waals surface area contributed by atoms with Crippen LogP contribution in [0.1, 0.15) is 45.5 Å². The number of benzene rings is 2. The van der Waals surface area contributed by atoms with E-state index in [0.717, 1.165) is 5.75 Å². The van der Waals surface area contributed by atoms with Crippen molar-refractivity contribution in [1.29, 1.82) is 0 Å². The molecule has 4 nitrogen and oxygen atoms in total. The maximum absolute atomic E-state index is 11.1. The molecule has 0 aliphatic carbocycles. The van der Waals surface area contributed by atoms with Gasteiger partial charge in [0.05, 0.1) is 21.3 Å². The predicted molar refractivity (Wildman–Crippen MR) is 107 cm³/mol. The largest absolute Gasteiger partial charge is 0.497 e. The summed E-state index contributed by atoms with van der Waals surface area (Å²) >= 11 is 0. The van der Waals surface area contributed by atoms with Crippen LogP contribution in [-0.4, -0.2) is 27.3 Å². The maximum Gasteiger partial charge on any atom is 0.341 e. The molecular weight excluding hydrogens is 316 g/mol. The summed E-state index contributed by atoms with van der Waals surface area (Å²) in [7, 11) is 4.52. The molecule has 2 rings (SSSR count). The van der Waals surface area contributed by atoms with Gasteiger partial charge in [0.1, 0.15) is 17.1 Å². The molecule has 2 aromatic rings. The van der Waals surface area contributed by atoms with E-state index >= 15 is 0 Å². The van der Waals surface area contributed by atoms with Crippen molar-refractivity contribution in [3.05, 3.63) is 60.2 Å². The molecule has 0 bridgehead atoms. The van der Waals surface area contributed by atoms with Crippen LogP contribution in [0.4, 0.5) is 0 Å². The molecule has 0 heterocycles. The molecule has 0 saturated carbocycles. The van der Waals surface area contributed by atoms with Crippen molar-refractivity contribution in [2.24, 2.45) is 0 Å². The van der Waals surface area contributed by atoms with E-state index < -0.39 is 0 Å². The Morgan fingerprint density at radius 2 is 1.20 bits per heavy atom. The molecular formula is C21H34O4. The zero-order valence-electron chi connectivity index (χ0n) is 15.8. The first-order chi connectivity index (χ1) is 11.7. The van der Waals surface area contributed by atoms with Crippen LogP contribution in [0.5, 0.6) is 11.5 Å². The molecule has 0 saturated heterocycles. The summed E-state index contributed by atoms with van der Waals surface area (Å²) in [4.78, 5) is 11.1. The summed E-state index contributed by atoms with van der Waals surface area (Å²) in [6, 6.07) is 16.6. The normalized spacial score (nSPS) is 7.64. The standard InChI is InChI=1S/C9H10O3.C7H8O.2C2H6.CH4/c1-11-8-6-4-3-5-7(8)9(10)12-2;1-8-7-5-3-2-4-6-7;2*1-2;/h3-6H,1-2H3;2-6H,1H3;2*1-2H3;1H4. The van der Waals surface area contributed by atoms with Gasteiger partial charge in [-0.2, -0.15) is 0 Å². The number of carbonyl (C=O) groups is 1. The van der Waals surface area contributed by atoms with E-state index in [-0.39, 0.29) is 13.4 Å². The molecule has 0 aliphatic heterocycles. The molecule has 0 aliphatic rings. The highest BCUT2D eigenvalue weighted by Gasteiger charge is 2.10. The molecule has 0 unspecified atom stereocenters. The first-order valence-corrected chi connectivity index (χ1v) is 8.03. The van der Waals surface area contributed by atoms with Gasteiger partial charge in [0, 0.05) is 0 Å². The lowest BCUT2D eigenvalue weighted by Crippen LogP contribution is -2.03. The van der Waals surface area contributed by atoms with E-state index in [1.165, 1.54) is 14.2 Å². The van der Waals surface area contributed by atoms with Crippen LogP contribution < -0.4 is 9.47 Å². The SMILES string of the molecule is C.CC.CC.COC(=O)c1ccccc1OC.COc1ccccc1. The number of hydrogen-bond acceptors (Lipinski definition) is 4. The van der Waals surface area contributed by atoms with Gasteiger partial charge in [-0.15, -0.1) is 0 Å². The highest BCUT2D eigenvalue weighted by molar-refractivity contribution is 5.92. The summed E-state index contributed by atoms with van der Waals surface area (Å²) in [6.07, 6.45) is 0. The lowest BCUT2D eigenvalue weighted by molar-refractivity contribution is 0.0597. The zero-order chi connectivity index (χ0) is 18.8. The van der Waals surface area contributed by atoms with Crippen LogP contribution in [0.25, 0.3) is 0 Å². The molecule has 0 N–H and O–H groups in total. The third-order valence-corrected chi connectivity index (χ3v) is 2.49. The van der Waals surface area contributed by atoms with Crippen LogP contribution in [0, 0.1) is 0 Å². The Balaban J connectivity index is -0.000000326. The zero-order valence-corrected chi connectivity index (χ0v) is 15.8. The van der Waals surface area contributed by atoms with Gasteiger partial charge >= 0.3 is 5.97 Å². The molecule has 2 aromatic carbocycles. The highest BCUT2D eigenvalue weighted by Crippen LogP contribution is 2.17. The topological polar surface area (TPSA) is 44.8 Å². The van der Waals surface area contributed by atoms with E-state index in [1.807, 2.05) is 58.0 Å². The second-order valence-electron chi connectivity index (χ2n) is 3.71. The van der Waals surface area contributed by atoms with E-state index in [1.54, 1.807) is 31.4 Å². The summed E-state index contributed by atoms with van der Waals surface area (Å²) in [6.45, 7) is 8.00. The number of esters is 1. The van der Waals surface area contributed by atoms with E-state index in [2.05, 4.69) is 4.74 Å². The predicted octanol–water partition coefficient (Wildman–Crippen LogP) is 5.87. The number of hydrogen-bond donors (Lipinski definition) is 0. The van der Waals surface area contributed by atoms with E-state index in [9.17, 15) is 4.79 Å². The highest BCUT2D eigenvalue weighted by atomic mass is 16.5. The molecule has 0 amide bonds. The molecule has 0 aromatic heterocycles. The third-order valence-electron chi connectivity index (χ3n) is 2.49. The Kier molecular flexibility index (Phi) is 21.4. The molecule has 142 valence electrons. The number of ether oxygens (including phenoxy) is 3. The Morgan fingerprint density at radius 1 is 0.720 bits per heavy atom. The average Bonchev–Trinajstić information content (AvgIpc) is 2.71. The lowest BCUT2D eigenvalue weighted by Gasteiger charge is -2.04. The Morgan fingerprint density at radius 3 is 1.60 bits per heavy atom. The number of methoxy groups -OCH3 is 3. The van der Waals surface area contributed by atoms with Gasteiger partial charge in [-0.3, -0.25) is 0 Å². The van der Waals surface area contributed by atoms with Gasteiger partial charge in [-0.1, -0.05) is 65.5 Å². The maximum atomic E-state index is 11.1. The second-order valence-corrected chi connectivity index (χ2v) is 3.71. The van der Waals surface area contributed by atoms with Gasteiger partial charge in [0.2, 0.25) is 0 Å². The molecule has 0 spiro atoms. The van der Waals surface area contributed by atoms with Crippen molar-refractivity contribution < 1.29 is 19.0 Å². The first-order valence-electron chi connectivity index (χ1n) is 8.03. The van der Waals surface area contributed by atoms with Crippen LogP contribution >= 0.6 is 0 Å². The Hall–Kier alpha value is -2.49. The van der Waals surface area contributed by atoms with Gasteiger partial charge in [0.15, 0.2) is 0 Å². The smallest absolute Gasteiger partial charge is 0.341 e. The Labute approximate surface area is 153 Å². The summed E-state index contributed by atoms with van der Waals surface area (Å²) in [5.41, 5.74) is 0.447. The summed E-state index contributed by atoms with van der Waals surface area (Å²) in [5, 5.41) is 0. The quantitative estimate of drug-likeness (QED) is 0.650. The van der Waals surface area contributed by atoms with Crippen molar-refractivity contribution in [3.8, 4) is 11.5 Å². The van der Waals surface area contributed by atoms with Gasteiger partial charge in [-0.25, -0.2) is 4.79 Å². The van der Waals surface area contributed by atoms with Gasteiger partial charge in [0.25, 0.3) is 0 Å².